The lowest BCUT2D eigenvalue weighted by atomic mass is 10.0. The van der Waals surface area contributed by atoms with Crippen molar-refractivity contribution in [2.75, 3.05) is 19.8 Å². The summed E-state index contributed by atoms with van der Waals surface area (Å²) in [6.07, 6.45) is 1.81. The van der Waals surface area contributed by atoms with Crippen LogP contribution in [0, 0.1) is 0 Å². The summed E-state index contributed by atoms with van der Waals surface area (Å²) in [5.41, 5.74) is 5.48. The van der Waals surface area contributed by atoms with Gasteiger partial charge >= 0.3 is 0 Å². The van der Waals surface area contributed by atoms with E-state index in [1.807, 2.05) is 37.3 Å². The number of benzene rings is 1. The van der Waals surface area contributed by atoms with E-state index in [-0.39, 0.29) is 5.60 Å². The zero-order valence-corrected chi connectivity index (χ0v) is 10.8. The molecule has 2 N–H and O–H groups in total. The lowest BCUT2D eigenvalue weighted by Gasteiger charge is -2.26. The summed E-state index contributed by atoms with van der Waals surface area (Å²) in [4.78, 5) is 0. The highest BCUT2D eigenvalue weighted by molar-refractivity contribution is 5.20. The predicted octanol–water partition coefficient (Wildman–Crippen LogP) is 2.60. The quantitative estimate of drug-likeness (QED) is 0.707. The number of nitrogens with two attached hydrogens (primary N) is 1. The van der Waals surface area contributed by atoms with Crippen molar-refractivity contribution >= 4 is 0 Å². The van der Waals surface area contributed by atoms with Gasteiger partial charge in [0.2, 0.25) is 0 Å². The van der Waals surface area contributed by atoms with Crippen molar-refractivity contribution in [3.63, 3.8) is 0 Å². The summed E-state index contributed by atoms with van der Waals surface area (Å²) in [6, 6.07) is 9.82. The summed E-state index contributed by atoms with van der Waals surface area (Å²) in [6.45, 7) is 6.06. The van der Waals surface area contributed by atoms with Gasteiger partial charge in [-0.1, -0.05) is 25.1 Å². The van der Waals surface area contributed by atoms with Crippen molar-refractivity contribution in [1.29, 1.82) is 0 Å². The first-order chi connectivity index (χ1) is 8.20. The Morgan fingerprint density at radius 3 is 2.47 bits per heavy atom. The summed E-state index contributed by atoms with van der Waals surface area (Å²) in [7, 11) is 0. The minimum atomic E-state index is -0.188. The topological polar surface area (TPSA) is 44.5 Å². The average molecular weight is 237 g/mol. The fourth-order valence-corrected chi connectivity index (χ4v) is 1.39. The van der Waals surface area contributed by atoms with Crippen LogP contribution in [0.3, 0.4) is 0 Å². The maximum Gasteiger partial charge on any atom is 0.119 e. The van der Waals surface area contributed by atoms with Gasteiger partial charge in [-0.3, -0.25) is 0 Å². The van der Waals surface area contributed by atoms with E-state index in [0.29, 0.717) is 19.8 Å². The molecule has 0 saturated heterocycles. The van der Waals surface area contributed by atoms with Crippen LogP contribution >= 0.6 is 0 Å². The van der Waals surface area contributed by atoms with E-state index in [1.165, 1.54) is 0 Å². The first kappa shape index (κ1) is 14.0. The highest BCUT2D eigenvalue weighted by atomic mass is 16.5. The maximum absolute atomic E-state index is 5.76. The molecule has 1 aromatic rings. The monoisotopic (exact) mass is 237 g/mol. The summed E-state index contributed by atoms with van der Waals surface area (Å²) in [5.74, 6) is 0.907. The van der Waals surface area contributed by atoms with Crippen LogP contribution in [-0.2, 0) is 4.74 Å². The Morgan fingerprint density at radius 2 is 1.88 bits per heavy atom. The van der Waals surface area contributed by atoms with Crippen molar-refractivity contribution < 1.29 is 9.47 Å². The molecule has 0 amide bonds. The van der Waals surface area contributed by atoms with Gasteiger partial charge in [0.15, 0.2) is 0 Å². The van der Waals surface area contributed by atoms with Crippen LogP contribution in [0.4, 0.5) is 0 Å². The smallest absolute Gasteiger partial charge is 0.119 e. The third-order valence-corrected chi connectivity index (χ3v) is 2.93. The molecule has 1 unspecified atom stereocenters. The van der Waals surface area contributed by atoms with E-state index in [4.69, 9.17) is 15.2 Å². The molecule has 1 aromatic carbocycles. The predicted molar refractivity (Wildman–Crippen MR) is 70.3 cm³/mol. The van der Waals surface area contributed by atoms with Gasteiger partial charge in [-0.15, -0.1) is 0 Å². The third-order valence-electron chi connectivity index (χ3n) is 2.93. The highest BCUT2D eigenvalue weighted by Gasteiger charge is 2.19. The molecule has 0 fully saturated rings. The molecule has 0 aromatic heterocycles. The second kappa shape index (κ2) is 7.30. The van der Waals surface area contributed by atoms with Gasteiger partial charge in [0.1, 0.15) is 5.75 Å². The fourth-order valence-electron chi connectivity index (χ4n) is 1.39. The molecular weight excluding hydrogens is 214 g/mol. The standard InChI is InChI=1S/C14H23NO2/c1-3-14(2,12-15)17-11-7-10-16-13-8-5-4-6-9-13/h4-6,8-9H,3,7,10-12,15H2,1-2H3. The molecule has 0 heterocycles. The average Bonchev–Trinajstić information content (AvgIpc) is 2.39. The summed E-state index contributed by atoms with van der Waals surface area (Å²) >= 11 is 0. The Kier molecular flexibility index (Phi) is 6.01. The van der Waals surface area contributed by atoms with E-state index < -0.39 is 0 Å². The number of ether oxygens (including phenoxy) is 2. The van der Waals surface area contributed by atoms with Crippen molar-refractivity contribution in [2.24, 2.45) is 5.73 Å². The van der Waals surface area contributed by atoms with E-state index in [2.05, 4.69) is 6.92 Å². The Morgan fingerprint density at radius 1 is 1.18 bits per heavy atom. The van der Waals surface area contributed by atoms with E-state index in [1.54, 1.807) is 0 Å². The van der Waals surface area contributed by atoms with Crippen molar-refractivity contribution in [2.45, 2.75) is 32.3 Å². The molecule has 0 spiro atoms. The van der Waals surface area contributed by atoms with E-state index >= 15 is 0 Å². The van der Waals surface area contributed by atoms with Crippen LogP contribution in [0.5, 0.6) is 5.75 Å². The van der Waals surface area contributed by atoms with Crippen LogP contribution in [0.25, 0.3) is 0 Å². The minimum Gasteiger partial charge on any atom is -0.494 e. The van der Waals surface area contributed by atoms with Crippen LogP contribution in [-0.4, -0.2) is 25.4 Å². The fraction of sp³-hybridized carbons (Fsp3) is 0.571. The number of para-hydroxylation sites is 1. The second-order valence-electron chi connectivity index (χ2n) is 4.37. The van der Waals surface area contributed by atoms with Crippen molar-refractivity contribution in [1.82, 2.24) is 0 Å². The van der Waals surface area contributed by atoms with Gasteiger partial charge in [-0.05, 0) is 25.5 Å². The largest absolute Gasteiger partial charge is 0.494 e. The normalized spacial score (nSPS) is 14.3. The van der Waals surface area contributed by atoms with Crippen LogP contribution < -0.4 is 10.5 Å². The Hall–Kier alpha value is -1.06. The molecule has 0 aliphatic rings. The number of hydrogen-bond acceptors (Lipinski definition) is 3. The number of rotatable bonds is 8. The molecule has 17 heavy (non-hydrogen) atoms. The van der Waals surface area contributed by atoms with Crippen LogP contribution in [0.1, 0.15) is 26.7 Å². The summed E-state index contributed by atoms with van der Waals surface area (Å²) < 4.78 is 11.3. The van der Waals surface area contributed by atoms with Crippen LogP contribution in [0.15, 0.2) is 30.3 Å². The molecule has 0 bridgehead atoms. The van der Waals surface area contributed by atoms with Gasteiger partial charge < -0.3 is 15.2 Å². The van der Waals surface area contributed by atoms with Crippen molar-refractivity contribution in [3.8, 4) is 5.75 Å². The molecule has 96 valence electrons. The van der Waals surface area contributed by atoms with Crippen LogP contribution in [0.2, 0.25) is 0 Å². The van der Waals surface area contributed by atoms with Crippen molar-refractivity contribution in [3.05, 3.63) is 30.3 Å². The Balaban J connectivity index is 2.13. The lowest BCUT2D eigenvalue weighted by Crippen LogP contribution is -2.37. The lowest BCUT2D eigenvalue weighted by molar-refractivity contribution is -0.0313. The molecule has 3 nitrogen and oxygen atoms in total. The molecule has 0 aliphatic heterocycles. The van der Waals surface area contributed by atoms with Gasteiger partial charge in [0.25, 0.3) is 0 Å². The van der Waals surface area contributed by atoms with Gasteiger partial charge in [-0.2, -0.15) is 0 Å². The molecule has 1 rings (SSSR count). The second-order valence-corrected chi connectivity index (χ2v) is 4.37. The molecule has 0 saturated carbocycles. The van der Waals surface area contributed by atoms with E-state index in [0.717, 1.165) is 18.6 Å². The Bertz CT molecular complexity index is 296. The molecule has 0 aliphatic carbocycles. The molecular formula is C14H23NO2. The SMILES string of the molecule is CCC(C)(CN)OCCCOc1ccccc1. The third kappa shape index (κ3) is 5.20. The highest BCUT2D eigenvalue weighted by Crippen LogP contribution is 2.13. The zero-order valence-electron chi connectivity index (χ0n) is 10.8. The summed E-state index contributed by atoms with van der Waals surface area (Å²) in [5, 5.41) is 0. The number of hydrogen-bond donors (Lipinski definition) is 1. The minimum absolute atomic E-state index is 0.188. The molecule has 1 atom stereocenters. The van der Waals surface area contributed by atoms with Gasteiger partial charge in [-0.25, -0.2) is 0 Å². The van der Waals surface area contributed by atoms with E-state index in [9.17, 15) is 0 Å². The molecule has 3 heteroatoms. The zero-order chi connectivity index (χ0) is 12.6. The van der Waals surface area contributed by atoms with Gasteiger partial charge in [0, 0.05) is 13.0 Å². The Labute approximate surface area is 104 Å². The molecule has 0 radical (unpaired) electrons. The maximum atomic E-state index is 5.76. The first-order valence-electron chi connectivity index (χ1n) is 6.22. The van der Waals surface area contributed by atoms with Gasteiger partial charge in [0.05, 0.1) is 18.8 Å². The first-order valence-corrected chi connectivity index (χ1v) is 6.22.